The van der Waals surface area contributed by atoms with Crippen LogP contribution in [0.4, 0.5) is 8.78 Å². The van der Waals surface area contributed by atoms with Crippen molar-refractivity contribution < 1.29 is 37.4 Å². The molecule has 2 aromatic rings. The van der Waals surface area contributed by atoms with E-state index in [1.54, 1.807) is 6.92 Å². The van der Waals surface area contributed by atoms with Crippen molar-refractivity contribution in [2.75, 3.05) is 12.4 Å². The van der Waals surface area contributed by atoms with Crippen molar-refractivity contribution in [3.05, 3.63) is 53.6 Å². The lowest BCUT2D eigenvalue weighted by Gasteiger charge is -2.16. The molecule has 10 heteroatoms. The Morgan fingerprint density at radius 3 is 2.38 bits per heavy atom. The number of nitrogens with one attached hydrogen (secondary N) is 1. The summed E-state index contributed by atoms with van der Waals surface area (Å²) in [6, 6.07) is 5.99. The van der Waals surface area contributed by atoms with Crippen LogP contribution in [-0.2, 0) is 19.1 Å². The monoisotopic (exact) mass is 465 g/mol. The molecule has 32 heavy (non-hydrogen) atoms. The maximum atomic E-state index is 14.2. The number of ether oxygens (including phenoxy) is 2. The molecular formula is C22H21F2NO6S. The molecule has 0 bridgehead atoms. The Labute approximate surface area is 187 Å². The van der Waals surface area contributed by atoms with E-state index < -0.39 is 40.6 Å². The Hall–Kier alpha value is -3.27. The molecule has 0 aromatic heterocycles. The first-order valence-electron chi connectivity index (χ1n) is 9.51. The summed E-state index contributed by atoms with van der Waals surface area (Å²) in [5.41, 5.74) is 0.241. The second kappa shape index (κ2) is 11.4. The lowest BCUT2D eigenvalue weighted by molar-refractivity contribution is -0.146. The average molecular weight is 465 g/mol. The number of rotatable bonds is 8. The number of thioether (sulfide) groups is 1. The van der Waals surface area contributed by atoms with Crippen LogP contribution in [0.25, 0.3) is 11.1 Å². The summed E-state index contributed by atoms with van der Waals surface area (Å²) in [6.45, 7) is 4.07. The second-order valence-corrected chi connectivity index (χ2v) is 7.53. The van der Waals surface area contributed by atoms with Crippen LogP contribution in [0.5, 0.6) is 5.75 Å². The van der Waals surface area contributed by atoms with Crippen LogP contribution in [0.3, 0.4) is 0 Å². The zero-order chi connectivity index (χ0) is 23.8. The summed E-state index contributed by atoms with van der Waals surface area (Å²) in [7, 11) is 0. The third-order valence-electron chi connectivity index (χ3n) is 4.03. The molecule has 0 radical (unpaired) electrons. The molecular weight excluding hydrogens is 444 g/mol. The highest BCUT2D eigenvalue weighted by atomic mass is 32.2. The Morgan fingerprint density at radius 2 is 1.78 bits per heavy atom. The quantitative estimate of drug-likeness (QED) is 0.471. The molecule has 0 aliphatic carbocycles. The molecule has 170 valence electrons. The van der Waals surface area contributed by atoms with Crippen LogP contribution in [0.15, 0.2) is 36.4 Å². The lowest BCUT2D eigenvalue weighted by Crippen LogP contribution is -2.42. The molecule has 0 saturated carbocycles. The van der Waals surface area contributed by atoms with E-state index in [0.717, 1.165) is 13.0 Å². The van der Waals surface area contributed by atoms with Crippen molar-refractivity contribution in [3.63, 3.8) is 0 Å². The standard InChI is InChI=1S/C22H21F2NO6S/c1-4-30-21(28)19(25-12(2)26)11-32-22(29)17-9-14(5-8-20(17)31-13(3)27)16-7-6-15(23)10-18(16)24/h5-10,19H,4,11H2,1-3H3,(H,25,26)/t19-/m1/s1. The normalized spacial score (nSPS) is 11.4. The zero-order valence-corrected chi connectivity index (χ0v) is 18.4. The van der Waals surface area contributed by atoms with E-state index in [1.807, 2.05) is 0 Å². The van der Waals surface area contributed by atoms with Crippen LogP contribution in [-0.4, -0.2) is 41.4 Å². The number of halogens is 2. The molecule has 0 aliphatic heterocycles. The fourth-order valence-electron chi connectivity index (χ4n) is 2.72. The molecule has 1 amide bonds. The Kier molecular flexibility index (Phi) is 8.89. The van der Waals surface area contributed by atoms with Gasteiger partial charge < -0.3 is 14.8 Å². The van der Waals surface area contributed by atoms with Crippen LogP contribution in [0.2, 0.25) is 0 Å². The minimum absolute atomic E-state index is 0.0440. The van der Waals surface area contributed by atoms with Crippen molar-refractivity contribution in [1.29, 1.82) is 0 Å². The van der Waals surface area contributed by atoms with Gasteiger partial charge in [0.15, 0.2) is 0 Å². The highest BCUT2D eigenvalue weighted by Gasteiger charge is 2.24. The van der Waals surface area contributed by atoms with Crippen molar-refractivity contribution in [3.8, 4) is 16.9 Å². The van der Waals surface area contributed by atoms with Crippen molar-refractivity contribution in [1.82, 2.24) is 5.32 Å². The van der Waals surface area contributed by atoms with Crippen LogP contribution >= 0.6 is 11.8 Å². The van der Waals surface area contributed by atoms with Crippen molar-refractivity contribution in [2.45, 2.75) is 26.8 Å². The highest BCUT2D eigenvalue weighted by molar-refractivity contribution is 8.14. The summed E-state index contributed by atoms with van der Waals surface area (Å²) >= 11 is 0.686. The molecule has 7 nitrogen and oxygen atoms in total. The van der Waals surface area contributed by atoms with Gasteiger partial charge in [0.05, 0.1) is 12.2 Å². The van der Waals surface area contributed by atoms with E-state index in [-0.39, 0.29) is 34.8 Å². The molecule has 0 fully saturated rings. The lowest BCUT2D eigenvalue weighted by atomic mass is 10.0. The summed E-state index contributed by atoms with van der Waals surface area (Å²) in [5.74, 6) is -3.65. The van der Waals surface area contributed by atoms with Crippen LogP contribution in [0.1, 0.15) is 31.1 Å². The first-order chi connectivity index (χ1) is 15.1. The van der Waals surface area contributed by atoms with Gasteiger partial charge in [-0.3, -0.25) is 14.4 Å². The van der Waals surface area contributed by atoms with E-state index in [9.17, 15) is 28.0 Å². The van der Waals surface area contributed by atoms with Crippen LogP contribution in [0, 0.1) is 11.6 Å². The molecule has 0 saturated heterocycles. The number of esters is 2. The van der Waals surface area contributed by atoms with E-state index in [2.05, 4.69) is 5.32 Å². The molecule has 1 N–H and O–H groups in total. The van der Waals surface area contributed by atoms with Gasteiger partial charge in [-0.1, -0.05) is 17.8 Å². The topological polar surface area (TPSA) is 98.8 Å². The molecule has 0 unspecified atom stereocenters. The first-order valence-corrected chi connectivity index (χ1v) is 10.5. The number of hydrogen-bond acceptors (Lipinski definition) is 7. The molecule has 0 aliphatic rings. The number of carbonyl (C=O) groups is 4. The van der Waals surface area contributed by atoms with Gasteiger partial charge in [0.1, 0.15) is 23.4 Å². The molecule has 2 rings (SSSR count). The predicted octanol–water partition coefficient (Wildman–Crippen LogP) is 3.50. The maximum absolute atomic E-state index is 14.2. The van der Waals surface area contributed by atoms with Gasteiger partial charge in [-0.25, -0.2) is 13.6 Å². The summed E-state index contributed by atoms with van der Waals surface area (Å²) < 4.78 is 37.4. The van der Waals surface area contributed by atoms with Crippen molar-refractivity contribution >= 4 is 34.7 Å². The number of carbonyl (C=O) groups excluding carboxylic acids is 4. The third kappa shape index (κ3) is 6.88. The number of amides is 1. The van der Waals surface area contributed by atoms with Gasteiger partial charge >= 0.3 is 11.9 Å². The van der Waals surface area contributed by atoms with E-state index in [1.165, 1.54) is 31.2 Å². The first kappa shape index (κ1) is 25.0. The van der Waals surface area contributed by atoms with E-state index in [0.29, 0.717) is 17.8 Å². The smallest absolute Gasteiger partial charge is 0.329 e. The zero-order valence-electron chi connectivity index (χ0n) is 17.6. The van der Waals surface area contributed by atoms with E-state index in [4.69, 9.17) is 9.47 Å². The fourth-order valence-corrected chi connectivity index (χ4v) is 3.57. The minimum atomic E-state index is -1.07. The molecule has 1 atom stereocenters. The third-order valence-corrected chi connectivity index (χ3v) is 5.01. The van der Waals surface area contributed by atoms with Gasteiger partial charge in [-0.2, -0.15) is 0 Å². The minimum Gasteiger partial charge on any atom is -0.464 e. The summed E-state index contributed by atoms with van der Waals surface area (Å²) in [5, 5.41) is 1.82. The van der Waals surface area contributed by atoms with E-state index >= 15 is 0 Å². The summed E-state index contributed by atoms with van der Waals surface area (Å²) in [6.07, 6.45) is 0. The summed E-state index contributed by atoms with van der Waals surface area (Å²) in [4.78, 5) is 47.7. The van der Waals surface area contributed by atoms with Crippen molar-refractivity contribution in [2.24, 2.45) is 0 Å². The Morgan fingerprint density at radius 1 is 1.06 bits per heavy atom. The number of benzene rings is 2. The fraction of sp³-hybridized carbons (Fsp3) is 0.273. The van der Waals surface area contributed by atoms with Gasteiger partial charge in [0.2, 0.25) is 11.0 Å². The molecule has 0 heterocycles. The Balaban J connectivity index is 2.34. The largest absolute Gasteiger partial charge is 0.464 e. The Bertz CT molecular complexity index is 1040. The average Bonchev–Trinajstić information content (AvgIpc) is 2.71. The van der Waals surface area contributed by atoms with Gasteiger partial charge in [-0.15, -0.1) is 0 Å². The van der Waals surface area contributed by atoms with Gasteiger partial charge in [0, 0.05) is 31.2 Å². The van der Waals surface area contributed by atoms with Gasteiger partial charge in [-0.05, 0) is 36.8 Å². The maximum Gasteiger partial charge on any atom is 0.329 e. The second-order valence-electron chi connectivity index (χ2n) is 6.53. The highest BCUT2D eigenvalue weighted by Crippen LogP contribution is 2.31. The molecule has 2 aromatic carbocycles. The van der Waals surface area contributed by atoms with Crippen LogP contribution < -0.4 is 10.1 Å². The molecule has 0 spiro atoms. The van der Waals surface area contributed by atoms with Gasteiger partial charge in [0.25, 0.3) is 0 Å². The number of hydrogen-bond donors (Lipinski definition) is 1. The predicted molar refractivity (Wildman–Crippen MR) is 114 cm³/mol. The SMILES string of the molecule is CCOC(=O)[C@@H](CSC(=O)c1cc(-c2ccc(F)cc2F)ccc1OC(C)=O)NC(C)=O.